The van der Waals surface area contributed by atoms with Gasteiger partial charge in [0.1, 0.15) is 11.5 Å². The van der Waals surface area contributed by atoms with Gasteiger partial charge >= 0.3 is 0 Å². The van der Waals surface area contributed by atoms with Gasteiger partial charge in [-0.3, -0.25) is 4.79 Å². The van der Waals surface area contributed by atoms with Gasteiger partial charge in [0.25, 0.3) is 0 Å². The van der Waals surface area contributed by atoms with E-state index in [0.717, 1.165) is 23.2 Å². The first-order valence-corrected chi connectivity index (χ1v) is 9.97. The third-order valence-corrected chi connectivity index (χ3v) is 5.22. The Balaban J connectivity index is 1.56. The van der Waals surface area contributed by atoms with Crippen LogP contribution >= 0.6 is 0 Å². The fourth-order valence-corrected chi connectivity index (χ4v) is 3.66. The van der Waals surface area contributed by atoms with Crippen molar-refractivity contribution in [2.24, 2.45) is 0 Å². The van der Waals surface area contributed by atoms with Crippen LogP contribution in [0, 0.1) is 5.82 Å². The fourth-order valence-electron chi connectivity index (χ4n) is 3.66. The van der Waals surface area contributed by atoms with E-state index in [2.05, 4.69) is 10.2 Å². The molecule has 0 saturated carbocycles. The second-order valence-electron chi connectivity index (χ2n) is 7.16. The van der Waals surface area contributed by atoms with Gasteiger partial charge in [-0.15, -0.1) is 0 Å². The van der Waals surface area contributed by atoms with E-state index in [4.69, 9.17) is 4.74 Å². The predicted molar refractivity (Wildman–Crippen MR) is 116 cm³/mol. The molecule has 7 heteroatoms. The largest absolute Gasteiger partial charge is 0.377 e. The molecule has 1 aliphatic rings. The molecule has 0 amide bonds. The van der Waals surface area contributed by atoms with Crippen LogP contribution < -0.4 is 5.43 Å². The Morgan fingerprint density at radius 1 is 1.03 bits per heavy atom. The summed E-state index contributed by atoms with van der Waals surface area (Å²) in [6, 6.07) is 17.6. The Morgan fingerprint density at radius 3 is 2.68 bits per heavy atom. The molecule has 2 aromatic heterocycles. The minimum Gasteiger partial charge on any atom is -0.377 e. The topological polar surface area (TPSA) is 61.9 Å². The summed E-state index contributed by atoms with van der Waals surface area (Å²) in [5, 5.41) is 8.77. The second kappa shape index (κ2) is 8.12. The molecule has 0 saturated heterocycles. The first-order chi connectivity index (χ1) is 15.2. The van der Waals surface area contributed by atoms with E-state index in [1.807, 2.05) is 42.5 Å². The number of ether oxygens (including phenoxy) is 1. The van der Waals surface area contributed by atoms with E-state index >= 15 is 0 Å². The smallest absolute Gasteiger partial charge is 0.209 e. The minimum absolute atomic E-state index is 0.194. The van der Waals surface area contributed by atoms with Crippen molar-refractivity contribution in [3.63, 3.8) is 0 Å². The molecule has 6 nitrogen and oxygen atoms in total. The summed E-state index contributed by atoms with van der Waals surface area (Å²) in [5.41, 5.74) is 3.43. The number of hydrogen-bond donors (Lipinski definition) is 0. The molecule has 0 radical (unpaired) electrons. The molecule has 154 valence electrons. The number of rotatable bonds is 4. The normalized spacial score (nSPS) is 13.8. The van der Waals surface area contributed by atoms with Crippen molar-refractivity contribution in [1.29, 1.82) is 0 Å². The Hall–Kier alpha value is -3.84. The zero-order valence-corrected chi connectivity index (χ0v) is 16.6. The van der Waals surface area contributed by atoms with Gasteiger partial charge in [-0.2, -0.15) is 10.2 Å². The highest BCUT2D eigenvalue weighted by Crippen LogP contribution is 2.25. The van der Waals surface area contributed by atoms with Crippen LogP contribution in [0.3, 0.4) is 0 Å². The molecule has 0 atom stereocenters. The molecule has 2 aromatic carbocycles. The molecule has 0 unspecified atom stereocenters. The van der Waals surface area contributed by atoms with Crippen molar-refractivity contribution in [2.45, 2.75) is 6.42 Å². The summed E-state index contributed by atoms with van der Waals surface area (Å²) < 4.78 is 23.3. The highest BCUT2D eigenvalue weighted by Gasteiger charge is 2.15. The third-order valence-electron chi connectivity index (χ3n) is 5.22. The molecule has 0 spiro atoms. The number of para-hydroxylation sites is 1. The number of hydrogen-bond acceptors (Lipinski definition) is 4. The van der Waals surface area contributed by atoms with E-state index in [1.54, 1.807) is 23.0 Å². The lowest BCUT2D eigenvalue weighted by molar-refractivity contribution is 0.161. The average Bonchev–Trinajstić information content (AvgIpc) is 3.30. The fraction of sp³-hybridized carbons (Fsp3) is 0.125. The van der Waals surface area contributed by atoms with Crippen LogP contribution in [0.2, 0.25) is 0 Å². The molecule has 0 aliphatic carbocycles. The highest BCUT2D eigenvalue weighted by molar-refractivity contribution is 5.67. The zero-order valence-electron chi connectivity index (χ0n) is 16.6. The lowest BCUT2D eigenvalue weighted by Gasteiger charge is -2.15. The van der Waals surface area contributed by atoms with Crippen molar-refractivity contribution >= 4 is 5.57 Å². The maximum Gasteiger partial charge on any atom is 0.209 e. The lowest BCUT2D eigenvalue weighted by Crippen LogP contribution is -2.15. The summed E-state index contributed by atoms with van der Waals surface area (Å²) in [6.45, 7) is 1.17. The summed E-state index contributed by atoms with van der Waals surface area (Å²) >= 11 is 0. The maximum absolute atomic E-state index is 15.0. The summed E-state index contributed by atoms with van der Waals surface area (Å²) in [7, 11) is 0. The summed E-state index contributed by atoms with van der Waals surface area (Å²) in [5.74, 6) is -0.413. The molecule has 3 heterocycles. The van der Waals surface area contributed by atoms with Crippen LogP contribution in [0.5, 0.6) is 0 Å². The second-order valence-corrected chi connectivity index (χ2v) is 7.16. The van der Waals surface area contributed by atoms with Gasteiger partial charge in [-0.25, -0.2) is 13.8 Å². The number of nitrogens with zero attached hydrogens (tertiary/aromatic N) is 4. The van der Waals surface area contributed by atoms with E-state index in [0.29, 0.717) is 18.9 Å². The van der Waals surface area contributed by atoms with Gasteiger partial charge in [-0.1, -0.05) is 30.3 Å². The third kappa shape index (κ3) is 3.71. The highest BCUT2D eigenvalue weighted by atomic mass is 19.1. The predicted octanol–water partition coefficient (Wildman–Crippen LogP) is 4.03. The summed E-state index contributed by atoms with van der Waals surface area (Å²) in [4.78, 5) is 12.6. The zero-order chi connectivity index (χ0) is 21.2. The lowest BCUT2D eigenvalue weighted by atomic mass is 10.0. The molecule has 5 rings (SSSR count). The van der Waals surface area contributed by atoms with Crippen molar-refractivity contribution < 1.29 is 9.13 Å². The van der Waals surface area contributed by atoms with E-state index in [-0.39, 0.29) is 16.8 Å². The van der Waals surface area contributed by atoms with Gasteiger partial charge in [0.2, 0.25) is 5.43 Å². The Bertz CT molecular complexity index is 1320. The Labute approximate surface area is 177 Å². The molecule has 31 heavy (non-hydrogen) atoms. The Morgan fingerprint density at radius 2 is 1.90 bits per heavy atom. The van der Waals surface area contributed by atoms with Gasteiger partial charge in [0.05, 0.1) is 30.8 Å². The SMILES string of the molecule is O=c1ccn(-c2ccc(C3=CCOCC3)cc2F)nc1-c1ccnn1-c1ccccc1. The van der Waals surface area contributed by atoms with Crippen LogP contribution in [-0.2, 0) is 4.74 Å². The van der Waals surface area contributed by atoms with Gasteiger partial charge < -0.3 is 4.74 Å². The van der Waals surface area contributed by atoms with Crippen molar-refractivity contribution in [1.82, 2.24) is 19.6 Å². The monoisotopic (exact) mass is 414 g/mol. The first-order valence-electron chi connectivity index (χ1n) is 9.97. The molecule has 0 N–H and O–H groups in total. The van der Waals surface area contributed by atoms with E-state index in [1.165, 1.54) is 23.0 Å². The standard InChI is InChI=1S/C24H19FN4O2/c25-20-16-18(17-10-14-31-15-11-17)6-7-21(20)28-13-9-23(30)24(27-28)22-8-12-26-29(22)19-4-2-1-3-5-19/h1-10,12-13,16H,11,14-15H2. The van der Waals surface area contributed by atoms with Crippen LogP contribution in [0.25, 0.3) is 28.3 Å². The molecule has 0 fully saturated rings. The average molecular weight is 414 g/mol. The van der Waals surface area contributed by atoms with E-state index < -0.39 is 5.82 Å². The van der Waals surface area contributed by atoms with Crippen LogP contribution in [0.15, 0.2) is 83.9 Å². The van der Waals surface area contributed by atoms with Crippen LogP contribution in [-0.4, -0.2) is 32.8 Å². The van der Waals surface area contributed by atoms with Gasteiger partial charge in [-0.05, 0) is 47.9 Å². The van der Waals surface area contributed by atoms with E-state index in [9.17, 15) is 9.18 Å². The molecule has 1 aliphatic heterocycles. The molecule has 0 bridgehead atoms. The molecule has 4 aromatic rings. The van der Waals surface area contributed by atoms with Crippen LogP contribution in [0.4, 0.5) is 4.39 Å². The quantitative estimate of drug-likeness (QED) is 0.506. The van der Waals surface area contributed by atoms with Crippen molar-refractivity contribution in [2.75, 3.05) is 13.2 Å². The van der Waals surface area contributed by atoms with Gasteiger partial charge in [0, 0.05) is 12.3 Å². The maximum atomic E-state index is 15.0. The first kappa shape index (κ1) is 19.1. The summed E-state index contributed by atoms with van der Waals surface area (Å²) in [6.07, 6.45) is 5.81. The van der Waals surface area contributed by atoms with Crippen molar-refractivity contribution in [3.05, 3.63) is 101 Å². The molecular formula is C24H19FN4O2. The number of halogens is 1. The number of aromatic nitrogens is 4. The van der Waals surface area contributed by atoms with Crippen LogP contribution in [0.1, 0.15) is 12.0 Å². The molecular weight excluding hydrogens is 395 g/mol. The Kier molecular flexibility index (Phi) is 5.01. The van der Waals surface area contributed by atoms with Gasteiger partial charge in [0.15, 0.2) is 5.69 Å². The number of benzene rings is 2. The minimum atomic E-state index is -0.413. The van der Waals surface area contributed by atoms with Crippen molar-refractivity contribution in [3.8, 4) is 22.8 Å².